The Kier molecular flexibility index (Phi) is 4.42. The highest BCUT2D eigenvalue weighted by Gasteiger charge is 2.43. The van der Waals surface area contributed by atoms with Gasteiger partial charge in [0.25, 0.3) is 0 Å². The van der Waals surface area contributed by atoms with Crippen molar-refractivity contribution < 1.29 is 19.8 Å². The summed E-state index contributed by atoms with van der Waals surface area (Å²) >= 11 is 0. The molecule has 0 bridgehead atoms. The molecule has 0 radical (unpaired) electrons. The Hall–Kier alpha value is -3.14. The van der Waals surface area contributed by atoms with Crippen LogP contribution in [-0.4, -0.2) is 22.2 Å². The minimum absolute atomic E-state index is 0.000726. The van der Waals surface area contributed by atoms with Crippen molar-refractivity contribution in [2.45, 2.75) is 38.0 Å². The average Bonchev–Trinajstić information content (AvgIpc) is 2.92. The summed E-state index contributed by atoms with van der Waals surface area (Å²) in [7, 11) is 0. The second kappa shape index (κ2) is 6.79. The van der Waals surface area contributed by atoms with E-state index in [4.69, 9.17) is 0 Å². The Bertz CT molecular complexity index is 1080. The van der Waals surface area contributed by atoms with Crippen LogP contribution in [0, 0.1) is 6.92 Å². The standard InChI is InChI=1S/C24H22O4/c1-15-6-7-18-19-13-16-4-2-3-5-17(16)14-21(19)24(20(18)12-15,10-8-22(25)26)11-9-23(27)28/h2-7,12-14H,8-11H2,1H3,(H,25,26)(H,27,28). The van der Waals surface area contributed by atoms with Gasteiger partial charge in [-0.1, -0.05) is 48.0 Å². The van der Waals surface area contributed by atoms with Crippen LogP contribution >= 0.6 is 0 Å². The predicted octanol–water partition coefficient (Wildman–Crippen LogP) is 5.14. The highest BCUT2D eigenvalue weighted by atomic mass is 16.4. The molecule has 4 nitrogen and oxygen atoms in total. The number of hydrogen-bond donors (Lipinski definition) is 2. The lowest BCUT2D eigenvalue weighted by molar-refractivity contribution is -0.137. The molecule has 4 rings (SSSR count). The van der Waals surface area contributed by atoms with E-state index in [0.29, 0.717) is 12.8 Å². The Balaban J connectivity index is 2.00. The summed E-state index contributed by atoms with van der Waals surface area (Å²) in [6, 6.07) is 18.6. The summed E-state index contributed by atoms with van der Waals surface area (Å²) in [4.78, 5) is 22.8. The molecule has 0 fully saturated rings. The van der Waals surface area contributed by atoms with Crippen molar-refractivity contribution in [3.63, 3.8) is 0 Å². The first-order valence-corrected chi connectivity index (χ1v) is 9.49. The lowest BCUT2D eigenvalue weighted by Crippen LogP contribution is -2.27. The maximum Gasteiger partial charge on any atom is 0.303 e. The van der Waals surface area contributed by atoms with Crippen molar-refractivity contribution in [2.24, 2.45) is 0 Å². The topological polar surface area (TPSA) is 74.6 Å². The zero-order chi connectivity index (χ0) is 19.9. The quantitative estimate of drug-likeness (QED) is 0.626. The van der Waals surface area contributed by atoms with Gasteiger partial charge in [0.05, 0.1) is 0 Å². The fraction of sp³-hybridized carbons (Fsp3) is 0.250. The van der Waals surface area contributed by atoms with Crippen LogP contribution in [-0.2, 0) is 15.0 Å². The van der Waals surface area contributed by atoms with Crippen LogP contribution in [0.15, 0.2) is 54.6 Å². The van der Waals surface area contributed by atoms with Crippen LogP contribution in [0.3, 0.4) is 0 Å². The molecule has 0 saturated heterocycles. The number of benzene rings is 3. The first-order valence-electron chi connectivity index (χ1n) is 9.49. The fourth-order valence-electron chi connectivity index (χ4n) is 4.60. The summed E-state index contributed by atoms with van der Waals surface area (Å²) in [5.41, 5.74) is 4.77. The van der Waals surface area contributed by atoms with Crippen LogP contribution in [0.1, 0.15) is 42.4 Å². The summed E-state index contributed by atoms with van der Waals surface area (Å²) < 4.78 is 0. The maximum atomic E-state index is 11.4. The van der Waals surface area contributed by atoms with E-state index in [1.807, 2.05) is 25.1 Å². The van der Waals surface area contributed by atoms with Gasteiger partial charge in [0.1, 0.15) is 0 Å². The van der Waals surface area contributed by atoms with Crippen LogP contribution in [0.5, 0.6) is 0 Å². The molecular weight excluding hydrogens is 352 g/mol. The van der Waals surface area contributed by atoms with Crippen LogP contribution in [0.2, 0.25) is 0 Å². The average molecular weight is 374 g/mol. The molecule has 3 aromatic carbocycles. The van der Waals surface area contributed by atoms with Gasteiger partial charge < -0.3 is 10.2 Å². The third-order valence-corrected chi connectivity index (χ3v) is 5.91. The summed E-state index contributed by atoms with van der Waals surface area (Å²) in [6.07, 6.45) is 0.771. The molecule has 0 unspecified atom stereocenters. The molecule has 2 N–H and O–H groups in total. The number of fused-ring (bicyclic) bond motifs is 4. The molecule has 0 saturated carbocycles. The lowest BCUT2D eigenvalue weighted by Gasteiger charge is -2.32. The molecule has 142 valence electrons. The summed E-state index contributed by atoms with van der Waals surface area (Å²) in [5, 5.41) is 21.0. The smallest absolute Gasteiger partial charge is 0.303 e. The van der Waals surface area contributed by atoms with Gasteiger partial charge in [-0.05, 0) is 64.9 Å². The molecule has 1 aliphatic carbocycles. The predicted molar refractivity (Wildman–Crippen MR) is 109 cm³/mol. The highest BCUT2D eigenvalue weighted by molar-refractivity contribution is 5.94. The number of carboxylic acids is 2. The number of carboxylic acid groups (broad SMARTS) is 2. The van der Waals surface area contributed by atoms with E-state index in [9.17, 15) is 19.8 Å². The van der Waals surface area contributed by atoms with E-state index in [1.54, 1.807) is 0 Å². The Labute approximate surface area is 163 Å². The van der Waals surface area contributed by atoms with Gasteiger partial charge in [0.2, 0.25) is 0 Å². The van der Waals surface area contributed by atoms with E-state index in [2.05, 4.69) is 36.4 Å². The molecule has 0 heterocycles. The third-order valence-electron chi connectivity index (χ3n) is 5.91. The molecule has 1 aliphatic rings. The number of carbonyl (C=O) groups is 2. The molecule has 0 aromatic heterocycles. The van der Waals surface area contributed by atoms with Crippen molar-refractivity contribution in [1.82, 2.24) is 0 Å². The first kappa shape index (κ1) is 18.2. The SMILES string of the molecule is Cc1ccc2c(c1)C(CCC(=O)O)(CCC(=O)O)c1cc3ccccc3cc1-2. The van der Waals surface area contributed by atoms with Gasteiger partial charge in [-0.15, -0.1) is 0 Å². The Morgan fingerprint density at radius 1 is 0.786 bits per heavy atom. The van der Waals surface area contributed by atoms with Gasteiger partial charge in [-0.25, -0.2) is 0 Å². The monoisotopic (exact) mass is 374 g/mol. The van der Waals surface area contributed by atoms with Crippen LogP contribution in [0.4, 0.5) is 0 Å². The second-order valence-electron chi connectivity index (χ2n) is 7.66. The van der Waals surface area contributed by atoms with E-state index >= 15 is 0 Å². The van der Waals surface area contributed by atoms with Crippen molar-refractivity contribution in [1.29, 1.82) is 0 Å². The number of aryl methyl sites for hydroxylation is 1. The van der Waals surface area contributed by atoms with Gasteiger partial charge in [0.15, 0.2) is 0 Å². The molecule has 0 aliphatic heterocycles. The molecule has 0 spiro atoms. The van der Waals surface area contributed by atoms with Gasteiger partial charge in [0, 0.05) is 18.3 Å². The third kappa shape index (κ3) is 2.95. The van der Waals surface area contributed by atoms with Crippen LogP contribution in [0.25, 0.3) is 21.9 Å². The molecule has 4 heteroatoms. The lowest BCUT2D eigenvalue weighted by atomic mass is 9.71. The van der Waals surface area contributed by atoms with Gasteiger partial charge in [-0.2, -0.15) is 0 Å². The Morgan fingerprint density at radius 3 is 1.96 bits per heavy atom. The van der Waals surface area contributed by atoms with Crippen molar-refractivity contribution in [3.8, 4) is 11.1 Å². The molecule has 3 aromatic rings. The van der Waals surface area contributed by atoms with Crippen molar-refractivity contribution in [3.05, 3.63) is 71.3 Å². The molecular formula is C24H22O4. The van der Waals surface area contributed by atoms with E-state index in [0.717, 1.165) is 38.6 Å². The largest absolute Gasteiger partial charge is 0.481 e. The van der Waals surface area contributed by atoms with Gasteiger partial charge >= 0.3 is 11.9 Å². The van der Waals surface area contributed by atoms with Crippen molar-refractivity contribution >= 4 is 22.7 Å². The molecule has 0 amide bonds. The fourth-order valence-corrected chi connectivity index (χ4v) is 4.60. The maximum absolute atomic E-state index is 11.4. The van der Waals surface area contributed by atoms with E-state index in [-0.39, 0.29) is 12.8 Å². The molecule has 28 heavy (non-hydrogen) atoms. The number of rotatable bonds is 6. The zero-order valence-corrected chi connectivity index (χ0v) is 15.7. The first-order chi connectivity index (χ1) is 13.4. The van der Waals surface area contributed by atoms with E-state index in [1.165, 1.54) is 0 Å². The van der Waals surface area contributed by atoms with Crippen LogP contribution < -0.4 is 0 Å². The second-order valence-corrected chi connectivity index (χ2v) is 7.66. The van der Waals surface area contributed by atoms with Crippen molar-refractivity contribution in [2.75, 3.05) is 0 Å². The Morgan fingerprint density at radius 2 is 1.36 bits per heavy atom. The summed E-state index contributed by atoms with van der Waals surface area (Å²) in [5.74, 6) is -1.73. The zero-order valence-electron chi connectivity index (χ0n) is 15.7. The minimum atomic E-state index is -0.863. The summed E-state index contributed by atoms with van der Waals surface area (Å²) in [6.45, 7) is 2.01. The number of aliphatic carboxylic acids is 2. The molecule has 0 atom stereocenters. The van der Waals surface area contributed by atoms with E-state index < -0.39 is 17.4 Å². The minimum Gasteiger partial charge on any atom is -0.481 e. The van der Waals surface area contributed by atoms with Gasteiger partial charge in [-0.3, -0.25) is 9.59 Å². The normalized spacial score (nSPS) is 13.9. The highest BCUT2D eigenvalue weighted by Crippen LogP contribution is 2.54. The number of hydrogen-bond acceptors (Lipinski definition) is 2.